The summed E-state index contributed by atoms with van der Waals surface area (Å²) in [5.41, 5.74) is 6.56. The number of rotatable bonds is 5. The molecule has 1 unspecified atom stereocenters. The average Bonchev–Trinajstić information content (AvgIpc) is 2.87. The molecule has 1 heterocycles. The van der Waals surface area contributed by atoms with Crippen LogP contribution >= 0.6 is 0 Å². The van der Waals surface area contributed by atoms with E-state index in [0.717, 1.165) is 5.76 Å². The van der Waals surface area contributed by atoms with Gasteiger partial charge in [-0.15, -0.1) is 13.2 Å². The van der Waals surface area contributed by atoms with Crippen molar-refractivity contribution in [3.05, 3.63) is 54.0 Å². The van der Waals surface area contributed by atoms with E-state index in [2.05, 4.69) is 4.74 Å². The summed E-state index contributed by atoms with van der Waals surface area (Å²) in [6.45, 7) is 0. The van der Waals surface area contributed by atoms with E-state index < -0.39 is 6.36 Å². The first kappa shape index (κ1) is 14.5. The molecule has 2 aromatic rings. The van der Waals surface area contributed by atoms with E-state index in [1.165, 1.54) is 18.2 Å². The summed E-state index contributed by atoms with van der Waals surface area (Å²) in [6.07, 6.45) is -1.93. The van der Waals surface area contributed by atoms with Crippen molar-refractivity contribution in [2.45, 2.75) is 25.2 Å². The molecule has 1 aromatic carbocycles. The fourth-order valence-electron chi connectivity index (χ4n) is 1.86. The van der Waals surface area contributed by atoms with Gasteiger partial charge in [-0.25, -0.2) is 0 Å². The molecule has 1 atom stereocenters. The van der Waals surface area contributed by atoms with Gasteiger partial charge in [-0.3, -0.25) is 0 Å². The minimum atomic E-state index is -4.70. The molecule has 0 spiro atoms. The lowest BCUT2D eigenvalue weighted by molar-refractivity contribution is -0.274. The van der Waals surface area contributed by atoms with Crippen molar-refractivity contribution in [2.75, 3.05) is 0 Å². The molecule has 2 rings (SSSR count). The van der Waals surface area contributed by atoms with Gasteiger partial charge in [0.05, 0.1) is 6.26 Å². The normalized spacial score (nSPS) is 13.2. The summed E-state index contributed by atoms with van der Waals surface area (Å²) in [5.74, 6) is 0.534. The monoisotopic (exact) mass is 285 g/mol. The Morgan fingerprint density at radius 3 is 2.65 bits per heavy atom. The number of furan rings is 1. The van der Waals surface area contributed by atoms with Gasteiger partial charge in [-0.2, -0.15) is 0 Å². The summed E-state index contributed by atoms with van der Waals surface area (Å²) >= 11 is 0. The van der Waals surface area contributed by atoms with Gasteiger partial charge in [-0.1, -0.05) is 12.1 Å². The summed E-state index contributed by atoms with van der Waals surface area (Å²) in [6, 6.07) is 8.95. The van der Waals surface area contributed by atoms with Crippen molar-refractivity contribution >= 4 is 0 Å². The van der Waals surface area contributed by atoms with E-state index >= 15 is 0 Å². The second-order valence-corrected chi connectivity index (χ2v) is 4.34. The van der Waals surface area contributed by atoms with E-state index in [1.807, 2.05) is 6.07 Å². The first-order chi connectivity index (χ1) is 9.44. The van der Waals surface area contributed by atoms with Crippen molar-refractivity contribution in [1.82, 2.24) is 0 Å². The van der Waals surface area contributed by atoms with Crippen LogP contribution < -0.4 is 10.5 Å². The zero-order valence-electron chi connectivity index (χ0n) is 10.6. The molecule has 2 N–H and O–H groups in total. The number of ether oxygens (including phenoxy) is 1. The Bertz CT molecular complexity index is 538. The van der Waals surface area contributed by atoms with Gasteiger partial charge in [0.1, 0.15) is 11.5 Å². The number of aryl methyl sites for hydroxylation is 1. The van der Waals surface area contributed by atoms with Crippen LogP contribution in [0.2, 0.25) is 0 Å². The van der Waals surface area contributed by atoms with E-state index in [9.17, 15) is 13.2 Å². The van der Waals surface area contributed by atoms with E-state index in [1.54, 1.807) is 18.4 Å². The van der Waals surface area contributed by atoms with Gasteiger partial charge in [0.25, 0.3) is 0 Å². The molecule has 1 aromatic heterocycles. The van der Waals surface area contributed by atoms with Gasteiger partial charge in [0.15, 0.2) is 0 Å². The lowest BCUT2D eigenvalue weighted by Gasteiger charge is -2.14. The van der Waals surface area contributed by atoms with Gasteiger partial charge >= 0.3 is 6.36 Å². The maximum absolute atomic E-state index is 12.1. The highest BCUT2D eigenvalue weighted by molar-refractivity contribution is 5.30. The van der Waals surface area contributed by atoms with Crippen molar-refractivity contribution in [1.29, 1.82) is 0 Å². The van der Waals surface area contributed by atoms with Crippen LogP contribution in [0, 0.1) is 0 Å². The minimum absolute atomic E-state index is 0.261. The summed E-state index contributed by atoms with van der Waals surface area (Å²) < 4.78 is 45.5. The number of halogens is 3. The standard InChI is InChI=1S/C14H14F3NO2/c15-14(16,17)20-12-4-1-3-10(9-12)13(18)7-6-11-5-2-8-19-11/h1-5,8-9,13H,6-7,18H2. The number of alkyl halides is 3. The van der Waals surface area contributed by atoms with Gasteiger partial charge in [-0.05, 0) is 36.2 Å². The highest BCUT2D eigenvalue weighted by Gasteiger charge is 2.31. The number of nitrogens with two attached hydrogens (primary N) is 1. The van der Waals surface area contributed by atoms with Gasteiger partial charge < -0.3 is 14.9 Å². The summed E-state index contributed by atoms with van der Waals surface area (Å²) in [5, 5.41) is 0. The van der Waals surface area contributed by atoms with Gasteiger partial charge in [0.2, 0.25) is 0 Å². The fourth-order valence-corrected chi connectivity index (χ4v) is 1.86. The average molecular weight is 285 g/mol. The Balaban J connectivity index is 1.99. The Morgan fingerprint density at radius 1 is 1.20 bits per heavy atom. The van der Waals surface area contributed by atoms with E-state index in [0.29, 0.717) is 18.4 Å². The minimum Gasteiger partial charge on any atom is -0.469 e. The molecule has 0 aliphatic heterocycles. The number of hydrogen-bond donors (Lipinski definition) is 1. The third-order valence-corrected chi connectivity index (χ3v) is 2.80. The maximum Gasteiger partial charge on any atom is 0.573 e. The zero-order chi connectivity index (χ0) is 14.6. The predicted molar refractivity (Wildman–Crippen MR) is 67.1 cm³/mol. The van der Waals surface area contributed by atoms with Crippen LogP contribution in [0.15, 0.2) is 47.1 Å². The maximum atomic E-state index is 12.1. The van der Waals surface area contributed by atoms with Crippen LogP contribution in [0.25, 0.3) is 0 Å². The molecule has 0 bridgehead atoms. The third kappa shape index (κ3) is 4.31. The second kappa shape index (κ2) is 6.00. The van der Waals surface area contributed by atoms with Crippen LogP contribution in [0.5, 0.6) is 5.75 Å². The van der Waals surface area contributed by atoms with E-state index in [-0.39, 0.29) is 11.8 Å². The molecule has 0 aliphatic rings. The van der Waals surface area contributed by atoms with E-state index in [4.69, 9.17) is 10.2 Å². The van der Waals surface area contributed by atoms with Gasteiger partial charge in [0, 0.05) is 12.5 Å². The lowest BCUT2D eigenvalue weighted by Crippen LogP contribution is -2.18. The van der Waals surface area contributed by atoms with Crippen molar-refractivity contribution < 1.29 is 22.3 Å². The second-order valence-electron chi connectivity index (χ2n) is 4.34. The number of benzene rings is 1. The summed E-state index contributed by atoms with van der Waals surface area (Å²) in [4.78, 5) is 0. The van der Waals surface area contributed by atoms with Crippen LogP contribution in [0.1, 0.15) is 23.8 Å². The third-order valence-electron chi connectivity index (χ3n) is 2.80. The molecule has 0 aliphatic carbocycles. The number of hydrogen-bond acceptors (Lipinski definition) is 3. The smallest absolute Gasteiger partial charge is 0.469 e. The van der Waals surface area contributed by atoms with Crippen LogP contribution in [0.3, 0.4) is 0 Å². The zero-order valence-corrected chi connectivity index (χ0v) is 10.6. The highest BCUT2D eigenvalue weighted by Crippen LogP contribution is 2.26. The molecule has 0 fully saturated rings. The van der Waals surface area contributed by atoms with Crippen LogP contribution in [-0.4, -0.2) is 6.36 Å². The summed E-state index contributed by atoms with van der Waals surface area (Å²) in [7, 11) is 0. The first-order valence-electron chi connectivity index (χ1n) is 6.08. The van der Waals surface area contributed by atoms with Crippen molar-refractivity contribution in [3.8, 4) is 5.75 Å². The van der Waals surface area contributed by atoms with Crippen molar-refractivity contribution in [3.63, 3.8) is 0 Å². The molecule has 0 amide bonds. The molecule has 20 heavy (non-hydrogen) atoms. The van der Waals surface area contributed by atoms with Crippen LogP contribution in [-0.2, 0) is 6.42 Å². The van der Waals surface area contributed by atoms with Crippen molar-refractivity contribution in [2.24, 2.45) is 5.73 Å². The first-order valence-corrected chi connectivity index (χ1v) is 6.08. The Kier molecular flexibility index (Phi) is 4.34. The molecule has 0 saturated carbocycles. The molecule has 3 nitrogen and oxygen atoms in total. The molecular formula is C14H14F3NO2. The Morgan fingerprint density at radius 2 is 2.00 bits per heavy atom. The molecular weight excluding hydrogens is 271 g/mol. The molecule has 0 radical (unpaired) electrons. The molecule has 0 saturated heterocycles. The molecule has 108 valence electrons. The fraction of sp³-hybridized carbons (Fsp3) is 0.286. The Hall–Kier alpha value is -1.95. The highest BCUT2D eigenvalue weighted by atomic mass is 19.4. The van der Waals surface area contributed by atoms with Crippen LogP contribution in [0.4, 0.5) is 13.2 Å². The lowest BCUT2D eigenvalue weighted by atomic mass is 10.0. The largest absolute Gasteiger partial charge is 0.573 e. The predicted octanol–water partition coefficient (Wildman–Crippen LogP) is 3.81. The topological polar surface area (TPSA) is 48.4 Å². The molecule has 6 heteroatoms. The Labute approximate surface area is 114 Å². The SMILES string of the molecule is NC(CCc1ccco1)c1cccc(OC(F)(F)F)c1. The quantitative estimate of drug-likeness (QED) is 0.908.